The Morgan fingerprint density at radius 1 is 1.18 bits per heavy atom. The van der Waals surface area contributed by atoms with Crippen LogP contribution in [0.2, 0.25) is 0 Å². The third-order valence-corrected chi connectivity index (χ3v) is 4.48. The minimum absolute atomic E-state index is 0.159. The normalized spacial score (nSPS) is 16.2. The van der Waals surface area contributed by atoms with Crippen molar-refractivity contribution in [3.8, 4) is 5.75 Å². The van der Waals surface area contributed by atoms with Crippen molar-refractivity contribution in [2.24, 2.45) is 0 Å². The minimum Gasteiger partial charge on any atom is -0.497 e. The highest BCUT2D eigenvalue weighted by molar-refractivity contribution is 5.79. The second-order valence-corrected chi connectivity index (χ2v) is 5.78. The van der Waals surface area contributed by atoms with Crippen LogP contribution in [0.4, 0.5) is 0 Å². The van der Waals surface area contributed by atoms with Crippen LogP contribution in [0, 0.1) is 0 Å². The van der Waals surface area contributed by atoms with Crippen LogP contribution in [0.15, 0.2) is 48.5 Å². The predicted octanol–water partition coefficient (Wildman–Crippen LogP) is 3.38. The zero-order valence-electron chi connectivity index (χ0n) is 13.1. The number of amides is 1. The SMILES string of the molecule is COc1ccc(CC(=O)N(C)[C@H]2CCc3ccccc32)cc1. The molecule has 3 heteroatoms. The molecular formula is C19H21NO2. The van der Waals surface area contributed by atoms with Crippen LogP contribution < -0.4 is 4.74 Å². The van der Waals surface area contributed by atoms with Gasteiger partial charge in [-0.2, -0.15) is 0 Å². The van der Waals surface area contributed by atoms with Gasteiger partial charge in [0, 0.05) is 7.05 Å². The van der Waals surface area contributed by atoms with Gasteiger partial charge in [0.05, 0.1) is 19.6 Å². The summed E-state index contributed by atoms with van der Waals surface area (Å²) >= 11 is 0. The van der Waals surface area contributed by atoms with Crippen LogP contribution in [-0.2, 0) is 17.6 Å². The van der Waals surface area contributed by atoms with E-state index in [-0.39, 0.29) is 11.9 Å². The number of aryl methyl sites for hydroxylation is 1. The number of likely N-dealkylation sites (N-methyl/N-ethyl adjacent to an activating group) is 1. The summed E-state index contributed by atoms with van der Waals surface area (Å²) < 4.78 is 5.15. The van der Waals surface area contributed by atoms with Crippen LogP contribution in [0.1, 0.15) is 29.2 Å². The highest BCUT2D eigenvalue weighted by atomic mass is 16.5. The van der Waals surface area contributed by atoms with Gasteiger partial charge in [-0.25, -0.2) is 0 Å². The van der Waals surface area contributed by atoms with Crippen molar-refractivity contribution in [1.82, 2.24) is 4.90 Å². The van der Waals surface area contributed by atoms with Crippen molar-refractivity contribution < 1.29 is 9.53 Å². The van der Waals surface area contributed by atoms with Crippen molar-refractivity contribution in [3.63, 3.8) is 0 Å². The molecule has 2 aromatic rings. The molecule has 22 heavy (non-hydrogen) atoms. The van der Waals surface area contributed by atoms with Crippen LogP contribution in [0.5, 0.6) is 5.75 Å². The van der Waals surface area contributed by atoms with Crippen LogP contribution in [0.25, 0.3) is 0 Å². The molecule has 114 valence electrons. The summed E-state index contributed by atoms with van der Waals surface area (Å²) in [6.07, 6.45) is 2.50. The molecule has 0 fully saturated rings. The maximum absolute atomic E-state index is 12.6. The number of benzene rings is 2. The molecule has 3 nitrogen and oxygen atoms in total. The molecule has 0 saturated carbocycles. The summed E-state index contributed by atoms with van der Waals surface area (Å²) in [7, 11) is 3.56. The lowest BCUT2D eigenvalue weighted by Gasteiger charge is -2.25. The highest BCUT2D eigenvalue weighted by Gasteiger charge is 2.28. The summed E-state index contributed by atoms with van der Waals surface area (Å²) in [6, 6.07) is 16.3. The highest BCUT2D eigenvalue weighted by Crippen LogP contribution is 2.35. The van der Waals surface area contributed by atoms with Gasteiger partial charge in [0.15, 0.2) is 0 Å². The predicted molar refractivity (Wildman–Crippen MR) is 87.0 cm³/mol. The molecule has 0 radical (unpaired) electrons. The topological polar surface area (TPSA) is 29.5 Å². The number of carbonyl (C=O) groups excluding carboxylic acids is 1. The Kier molecular flexibility index (Phi) is 4.14. The molecule has 1 aliphatic carbocycles. The van der Waals surface area contributed by atoms with E-state index in [0.29, 0.717) is 6.42 Å². The van der Waals surface area contributed by atoms with Gasteiger partial charge in [-0.15, -0.1) is 0 Å². The summed E-state index contributed by atoms with van der Waals surface area (Å²) in [5, 5.41) is 0. The summed E-state index contributed by atoms with van der Waals surface area (Å²) in [6.45, 7) is 0. The number of hydrogen-bond donors (Lipinski definition) is 0. The van der Waals surface area contributed by atoms with Crippen LogP contribution in [0.3, 0.4) is 0 Å². The molecule has 0 aliphatic heterocycles. The summed E-state index contributed by atoms with van der Waals surface area (Å²) in [5.41, 5.74) is 3.69. The molecule has 0 aromatic heterocycles. The Balaban J connectivity index is 1.70. The lowest BCUT2D eigenvalue weighted by atomic mass is 10.1. The molecule has 1 atom stereocenters. The van der Waals surface area contributed by atoms with E-state index in [4.69, 9.17) is 4.74 Å². The molecule has 0 N–H and O–H groups in total. The number of hydrogen-bond acceptors (Lipinski definition) is 2. The molecule has 0 saturated heterocycles. The Hall–Kier alpha value is -2.29. The van der Waals surface area contributed by atoms with Crippen molar-refractivity contribution in [2.45, 2.75) is 25.3 Å². The first-order chi connectivity index (χ1) is 10.7. The van der Waals surface area contributed by atoms with E-state index in [1.54, 1.807) is 7.11 Å². The van der Waals surface area contributed by atoms with E-state index in [9.17, 15) is 4.79 Å². The van der Waals surface area contributed by atoms with E-state index >= 15 is 0 Å². The monoisotopic (exact) mass is 295 g/mol. The van der Waals surface area contributed by atoms with Gasteiger partial charge >= 0.3 is 0 Å². The molecule has 0 bridgehead atoms. The summed E-state index contributed by atoms with van der Waals surface area (Å²) in [5.74, 6) is 0.973. The number of rotatable bonds is 4. The average molecular weight is 295 g/mol. The van der Waals surface area contributed by atoms with E-state index in [0.717, 1.165) is 24.2 Å². The van der Waals surface area contributed by atoms with E-state index in [1.165, 1.54) is 11.1 Å². The van der Waals surface area contributed by atoms with E-state index < -0.39 is 0 Å². The molecule has 1 aliphatic rings. The van der Waals surface area contributed by atoms with Crippen molar-refractivity contribution in [2.75, 3.05) is 14.2 Å². The third kappa shape index (κ3) is 2.84. The van der Waals surface area contributed by atoms with Gasteiger partial charge in [0.25, 0.3) is 0 Å². The standard InChI is InChI=1S/C19H21NO2/c1-20(18-12-9-15-5-3-4-6-17(15)18)19(21)13-14-7-10-16(22-2)11-8-14/h3-8,10-11,18H,9,12-13H2,1-2H3/t18-/m0/s1. The lowest BCUT2D eigenvalue weighted by molar-refractivity contribution is -0.131. The third-order valence-electron chi connectivity index (χ3n) is 4.48. The maximum atomic E-state index is 12.6. The quantitative estimate of drug-likeness (QED) is 0.865. The number of methoxy groups -OCH3 is 1. The number of ether oxygens (including phenoxy) is 1. The van der Waals surface area contributed by atoms with E-state index in [1.807, 2.05) is 36.2 Å². The molecule has 0 heterocycles. The van der Waals surface area contributed by atoms with Gasteiger partial charge in [0.2, 0.25) is 5.91 Å². The fourth-order valence-electron chi connectivity index (χ4n) is 3.15. The van der Waals surface area contributed by atoms with Crippen LogP contribution >= 0.6 is 0 Å². The van der Waals surface area contributed by atoms with Gasteiger partial charge in [-0.1, -0.05) is 36.4 Å². The fraction of sp³-hybridized carbons (Fsp3) is 0.316. The Labute approximate surface area is 131 Å². The first kappa shape index (κ1) is 14.6. The molecule has 2 aromatic carbocycles. The Bertz CT molecular complexity index is 663. The smallest absolute Gasteiger partial charge is 0.227 e. The minimum atomic E-state index is 0.159. The first-order valence-corrected chi connectivity index (χ1v) is 7.65. The largest absolute Gasteiger partial charge is 0.497 e. The average Bonchev–Trinajstić information content (AvgIpc) is 2.99. The molecule has 3 rings (SSSR count). The second kappa shape index (κ2) is 6.22. The molecular weight excluding hydrogens is 274 g/mol. The molecule has 1 amide bonds. The Morgan fingerprint density at radius 2 is 1.91 bits per heavy atom. The fourth-order valence-corrected chi connectivity index (χ4v) is 3.15. The van der Waals surface area contributed by atoms with Gasteiger partial charge in [-0.3, -0.25) is 4.79 Å². The van der Waals surface area contributed by atoms with Gasteiger partial charge < -0.3 is 9.64 Å². The summed E-state index contributed by atoms with van der Waals surface area (Å²) in [4.78, 5) is 14.5. The zero-order valence-corrected chi connectivity index (χ0v) is 13.1. The zero-order chi connectivity index (χ0) is 15.5. The number of carbonyl (C=O) groups is 1. The number of nitrogens with zero attached hydrogens (tertiary/aromatic N) is 1. The van der Waals surface area contributed by atoms with Gasteiger partial charge in [-0.05, 0) is 41.7 Å². The first-order valence-electron chi connectivity index (χ1n) is 7.65. The van der Waals surface area contributed by atoms with E-state index in [2.05, 4.69) is 24.3 Å². The second-order valence-electron chi connectivity index (χ2n) is 5.78. The molecule has 0 spiro atoms. The van der Waals surface area contributed by atoms with Crippen molar-refractivity contribution in [3.05, 3.63) is 65.2 Å². The van der Waals surface area contributed by atoms with Crippen molar-refractivity contribution in [1.29, 1.82) is 0 Å². The Morgan fingerprint density at radius 3 is 2.64 bits per heavy atom. The number of fused-ring (bicyclic) bond motifs is 1. The maximum Gasteiger partial charge on any atom is 0.227 e. The molecule has 0 unspecified atom stereocenters. The van der Waals surface area contributed by atoms with Crippen LogP contribution in [-0.4, -0.2) is 25.0 Å². The lowest BCUT2D eigenvalue weighted by Crippen LogP contribution is -2.31. The van der Waals surface area contributed by atoms with Crippen molar-refractivity contribution >= 4 is 5.91 Å². The van der Waals surface area contributed by atoms with Gasteiger partial charge in [0.1, 0.15) is 5.75 Å².